The van der Waals surface area contributed by atoms with E-state index >= 15 is 0 Å². The van der Waals surface area contributed by atoms with Crippen LogP contribution >= 0.6 is 0 Å². The Hall–Kier alpha value is -1.94. The summed E-state index contributed by atoms with van der Waals surface area (Å²) in [5.41, 5.74) is 9.16. The number of nitrogens with zero attached hydrogens (tertiary/aromatic N) is 2. The molecule has 1 unspecified atom stereocenters. The minimum absolute atomic E-state index is 0.202. The lowest BCUT2D eigenvalue weighted by molar-refractivity contribution is 0.549. The highest BCUT2D eigenvalue weighted by Gasteiger charge is 2.08. The van der Waals surface area contributed by atoms with Gasteiger partial charge in [0, 0.05) is 25.0 Å². The summed E-state index contributed by atoms with van der Waals surface area (Å²) < 4.78 is 1.56. The lowest BCUT2D eigenvalue weighted by Gasteiger charge is -2.14. The molecule has 4 nitrogen and oxygen atoms in total. The van der Waals surface area contributed by atoms with Crippen LogP contribution in [0.1, 0.15) is 29.7 Å². The molecule has 0 bridgehead atoms. The van der Waals surface area contributed by atoms with E-state index in [4.69, 9.17) is 5.73 Å². The smallest absolute Gasteiger partial charge is 0.322 e. The van der Waals surface area contributed by atoms with Crippen LogP contribution in [0, 0.1) is 6.92 Å². The molecule has 0 aliphatic rings. The summed E-state index contributed by atoms with van der Waals surface area (Å²) in [6.45, 7) is 4.47. The fourth-order valence-corrected chi connectivity index (χ4v) is 2.01. The third-order valence-corrected chi connectivity index (χ3v) is 3.19. The van der Waals surface area contributed by atoms with E-state index in [2.05, 4.69) is 24.0 Å². The second-order valence-corrected chi connectivity index (χ2v) is 4.77. The van der Waals surface area contributed by atoms with E-state index in [0.29, 0.717) is 6.54 Å². The van der Waals surface area contributed by atoms with Crippen molar-refractivity contribution in [2.24, 2.45) is 5.73 Å². The molecular weight excluding hydrogens is 238 g/mol. The average Bonchev–Trinajstić information content (AvgIpc) is 2.43. The Bertz CT molecular complexity index is 602. The largest absolute Gasteiger partial charge is 0.347 e. The number of hydrogen-bond acceptors (Lipinski definition) is 3. The molecule has 2 N–H and O–H groups in total. The van der Waals surface area contributed by atoms with E-state index in [1.807, 2.05) is 19.1 Å². The first kappa shape index (κ1) is 13.5. The molecule has 2 rings (SSSR count). The quantitative estimate of drug-likeness (QED) is 0.908. The van der Waals surface area contributed by atoms with Crippen LogP contribution in [0.5, 0.6) is 0 Å². The topological polar surface area (TPSA) is 60.9 Å². The van der Waals surface area contributed by atoms with Crippen molar-refractivity contribution in [3.63, 3.8) is 0 Å². The molecule has 0 fully saturated rings. The molecule has 1 heterocycles. The molecule has 0 saturated carbocycles. The molecule has 1 atom stereocenters. The highest BCUT2D eigenvalue weighted by Crippen LogP contribution is 2.13. The molecule has 2 aromatic rings. The van der Waals surface area contributed by atoms with Crippen LogP contribution < -0.4 is 11.4 Å². The first-order valence-electron chi connectivity index (χ1n) is 6.47. The average molecular weight is 257 g/mol. The predicted octanol–water partition coefficient (Wildman–Crippen LogP) is 1.81. The van der Waals surface area contributed by atoms with Crippen LogP contribution in [0.4, 0.5) is 0 Å². The van der Waals surface area contributed by atoms with Gasteiger partial charge in [0.1, 0.15) is 0 Å². The van der Waals surface area contributed by atoms with Crippen LogP contribution in [-0.2, 0) is 13.0 Å². The molecule has 0 spiro atoms. The number of benzene rings is 1. The molecule has 4 heteroatoms. The highest BCUT2D eigenvalue weighted by atomic mass is 16.1. The van der Waals surface area contributed by atoms with Gasteiger partial charge >= 0.3 is 5.69 Å². The Morgan fingerprint density at radius 1 is 1.32 bits per heavy atom. The van der Waals surface area contributed by atoms with Gasteiger partial charge < -0.3 is 5.73 Å². The summed E-state index contributed by atoms with van der Waals surface area (Å²) in [7, 11) is 0. The van der Waals surface area contributed by atoms with E-state index in [0.717, 1.165) is 17.5 Å². The number of rotatable bonds is 4. The van der Waals surface area contributed by atoms with E-state index in [9.17, 15) is 4.79 Å². The second kappa shape index (κ2) is 5.80. The molecule has 1 aromatic carbocycles. The van der Waals surface area contributed by atoms with Gasteiger partial charge in [0.15, 0.2) is 0 Å². The van der Waals surface area contributed by atoms with Crippen molar-refractivity contribution < 1.29 is 0 Å². The Balaban J connectivity index is 2.17. The zero-order chi connectivity index (χ0) is 13.8. The standard InChI is InChI=1S/C15H19N3O/c1-3-12-4-6-13(7-5-12)14(16)10-18-9-11(2)8-17-15(18)19/h4-9,14H,3,10,16H2,1-2H3. The normalized spacial score (nSPS) is 12.4. The van der Waals surface area contributed by atoms with Gasteiger partial charge in [0.25, 0.3) is 0 Å². The minimum atomic E-state index is -0.258. The van der Waals surface area contributed by atoms with Crippen LogP contribution in [0.15, 0.2) is 41.5 Å². The van der Waals surface area contributed by atoms with Gasteiger partial charge in [-0.1, -0.05) is 31.2 Å². The molecule has 0 radical (unpaired) electrons. The van der Waals surface area contributed by atoms with Gasteiger partial charge in [-0.05, 0) is 30.0 Å². The predicted molar refractivity (Wildman–Crippen MR) is 76.0 cm³/mol. The number of hydrogen-bond donors (Lipinski definition) is 1. The van der Waals surface area contributed by atoms with Crippen molar-refractivity contribution in [3.8, 4) is 0 Å². The highest BCUT2D eigenvalue weighted by molar-refractivity contribution is 5.24. The first-order valence-corrected chi connectivity index (χ1v) is 6.47. The van der Waals surface area contributed by atoms with Gasteiger partial charge in [0.2, 0.25) is 0 Å². The van der Waals surface area contributed by atoms with Gasteiger partial charge in [-0.3, -0.25) is 4.57 Å². The van der Waals surface area contributed by atoms with Crippen molar-refractivity contribution in [3.05, 3.63) is 63.8 Å². The molecule has 100 valence electrons. The van der Waals surface area contributed by atoms with E-state index in [1.165, 1.54) is 5.56 Å². The van der Waals surface area contributed by atoms with Gasteiger partial charge in [0.05, 0.1) is 0 Å². The fraction of sp³-hybridized carbons (Fsp3) is 0.333. The number of aryl methyl sites for hydroxylation is 2. The lowest BCUT2D eigenvalue weighted by Crippen LogP contribution is -2.28. The summed E-state index contributed by atoms with van der Waals surface area (Å²) in [6.07, 6.45) is 4.37. The first-order chi connectivity index (χ1) is 9.10. The zero-order valence-corrected chi connectivity index (χ0v) is 11.3. The van der Waals surface area contributed by atoms with Crippen LogP contribution in [0.25, 0.3) is 0 Å². The molecule has 0 saturated heterocycles. The fourth-order valence-electron chi connectivity index (χ4n) is 2.01. The monoisotopic (exact) mass is 257 g/mol. The molecular formula is C15H19N3O. The Morgan fingerprint density at radius 3 is 2.63 bits per heavy atom. The summed E-state index contributed by atoms with van der Waals surface area (Å²) in [4.78, 5) is 15.4. The van der Waals surface area contributed by atoms with E-state index in [-0.39, 0.29) is 11.7 Å². The lowest BCUT2D eigenvalue weighted by atomic mass is 10.0. The zero-order valence-electron chi connectivity index (χ0n) is 11.3. The maximum atomic E-state index is 11.6. The third-order valence-electron chi connectivity index (χ3n) is 3.19. The van der Waals surface area contributed by atoms with Crippen molar-refractivity contribution >= 4 is 0 Å². The Morgan fingerprint density at radius 2 is 2.00 bits per heavy atom. The van der Waals surface area contributed by atoms with Crippen LogP contribution in [-0.4, -0.2) is 9.55 Å². The number of aromatic nitrogens is 2. The molecule has 1 aromatic heterocycles. The summed E-state index contributed by atoms with van der Waals surface area (Å²) in [6, 6.07) is 8.00. The molecule has 0 aliphatic heterocycles. The summed E-state index contributed by atoms with van der Waals surface area (Å²) in [5.74, 6) is 0. The van der Waals surface area contributed by atoms with Crippen molar-refractivity contribution in [2.75, 3.05) is 0 Å². The Kier molecular flexibility index (Phi) is 4.12. The van der Waals surface area contributed by atoms with Crippen LogP contribution in [0.3, 0.4) is 0 Å². The minimum Gasteiger partial charge on any atom is -0.322 e. The summed E-state index contributed by atoms with van der Waals surface area (Å²) >= 11 is 0. The van der Waals surface area contributed by atoms with Crippen molar-refractivity contribution in [1.29, 1.82) is 0 Å². The van der Waals surface area contributed by atoms with Gasteiger partial charge in [-0.25, -0.2) is 9.78 Å². The van der Waals surface area contributed by atoms with E-state index < -0.39 is 0 Å². The van der Waals surface area contributed by atoms with Gasteiger partial charge in [-0.15, -0.1) is 0 Å². The summed E-state index contributed by atoms with van der Waals surface area (Å²) in [5, 5.41) is 0. The van der Waals surface area contributed by atoms with Crippen LogP contribution in [0.2, 0.25) is 0 Å². The number of nitrogens with two attached hydrogens (primary N) is 1. The molecule has 19 heavy (non-hydrogen) atoms. The maximum absolute atomic E-state index is 11.6. The SMILES string of the molecule is CCc1ccc(C(N)Cn2cc(C)cnc2=O)cc1. The molecule has 0 aliphatic carbocycles. The second-order valence-electron chi connectivity index (χ2n) is 4.77. The molecule has 0 amide bonds. The maximum Gasteiger partial charge on any atom is 0.347 e. The van der Waals surface area contributed by atoms with Gasteiger partial charge in [-0.2, -0.15) is 0 Å². The van der Waals surface area contributed by atoms with E-state index in [1.54, 1.807) is 17.0 Å². The van der Waals surface area contributed by atoms with Crippen molar-refractivity contribution in [1.82, 2.24) is 9.55 Å². The Labute approximate surface area is 112 Å². The third kappa shape index (κ3) is 3.29. The van der Waals surface area contributed by atoms with Crippen molar-refractivity contribution in [2.45, 2.75) is 32.9 Å².